The summed E-state index contributed by atoms with van der Waals surface area (Å²) in [5.74, 6) is 0.238. The van der Waals surface area contributed by atoms with Gasteiger partial charge in [0.1, 0.15) is 17.3 Å². The fraction of sp³-hybridized carbons (Fsp3) is 0.143. The highest BCUT2D eigenvalue weighted by atomic mass is 35.5. The number of hydrogen-bond donors (Lipinski definition) is 0. The van der Waals surface area contributed by atoms with E-state index in [0.29, 0.717) is 16.3 Å². The molecule has 0 saturated carbocycles. The van der Waals surface area contributed by atoms with Gasteiger partial charge in [0.2, 0.25) is 0 Å². The molecule has 0 fully saturated rings. The summed E-state index contributed by atoms with van der Waals surface area (Å²) >= 11 is 6.04. The van der Waals surface area contributed by atoms with Crippen LogP contribution in [0.1, 0.15) is 11.1 Å². The molecule has 0 spiro atoms. The Morgan fingerprint density at radius 1 is 1.08 bits per heavy atom. The van der Waals surface area contributed by atoms with Crippen molar-refractivity contribution in [2.75, 3.05) is 7.11 Å². The molecule has 0 bridgehead atoms. The van der Waals surface area contributed by atoms with Gasteiger partial charge in [-0.15, -0.1) is 0 Å². The van der Waals surface area contributed by atoms with Crippen LogP contribution in [0.4, 0.5) is 4.39 Å². The molecular weight excluding hydrogens is 353 g/mol. The van der Waals surface area contributed by atoms with E-state index in [1.165, 1.54) is 18.2 Å². The fourth-order valence-corrected chi connectivity index (χ4v) is 2.98. The molecule has 0 radical (unpaired) electrons. The molecule has 0 aliphatic rings. The van der Waals surface area contributed by atoms with Gasteiger partial charge in [-0.25, -0.2) is 4.39 Å². The predicted octanol–water partition coefficient (Wildman–Crippen LogP) is 4.90. The van der Waals surface area contributed by atoms with Crippen molar-refractivity contribution in [2.24, 2.45) is 0 Å². The first-order valence-corrected chi connectivity index (χ1v) is 8.47. The van der Waals surface area contributed by atoms with Gasteiger partial charge in [-0.05, 0) is 53.1 Å². The van der Waals surface area contributed by atoms with Crippen LogP contribution in [0, 0.1) is 5.82 Å². The van der Waals surface area contributed by atoms with Crippen LogP contribution >= 0.6 is 11.6 Å². The second-order valence-corrected chi connectivity index (χ2v) is 6.31. The maximum atomic E-state index is 13.3. The largest absolute Gasteiger partial charge is 0.496 e. The molecule has 132 valence electrons. The molecule has 2 aromatic carbocycles. The average molecular weight is 370 g/mol. The lowest BCUT2D eigenvalue weighted by molar-refractivity contribution is -0.117. The van der Waals surface area contributed by atoms with Crippen LogP contribution in [0.5, 0.6) is 5.75 Å². The Bertz CT molecular complexity index is 929. The van der Waals surface area contributed by atoms with Crippen LogP contribution < -0.4 is 4.74 Å². The predicted molar refractivity (Wildman–Crippen MR) is 100 cm³/mol. The molecule has 0 atom stereocenters. The number of ketones is 1. The van der Waals surface area contributed by atoms with Crippen molar-refractivity contribution in [3.05, 3.63) is 82.9 Å². The molecule has 3 aromatic rings. The third-order valence-corrected chi connectivity index (χ3v) is 4.42. The van der Waals surface area contributed by atoms with E-state index in [-0.39, 0.29) is 18.6 Å². The quantitative estimate of drug-likeness (QED) is 0.620. The lowest BCUT2D eigenvalue weighted by Crippen LogP contribution is -2.07. The molecule has 26 heavy (non-hydrogen) atoms. The monoisotopic (exact) mass is 369 g/mol. The first kappa shape index (κ1) is 18.1. The average Bonchev–Trinajstić information content (AvgIpc) is 2.65. The number of ether oxygens (including phenoxy) is 1. The van der Waals surface area contributed by atoms with Gasteiger partial charge in [0.25, 0.3) is 0 Å². The number of rotatable bonds is 6. The van der Waals surface area contributed by atoms with Gasteiger partial charge in [0, 0.05) is 35.8 Å². The van der Waals surface area contributed by atoms with Crippen molar-refractivity contribution >= 4 is 17.4 Å². The number of methoxy groups -OCH3 is 1. The number of Topliss-reactive ketones (excluding diaryl/α,β-unsaturated/α-hetero) is 1. The molecule has 0 saturated heterocycles. The number of halogens is 2. The number of carbonyl (C=O) groups excluding carboxylic acids is 1. The van der Waals surface area contributed by atoms with Crippen LogP contribution in [-0.2, 0) is 17.6 Å². The van der Waals surface area contributed by atoms with Gasteiger partial charge in [-0.1, -0.05) is 23.7 Å². The topological polar surface area (TPSA) is 39.2 Å². The molecule has 0 unspecified atom stereocenters. The summed E-state index contributed by atoms with van der Waals surface area (Å²) in [4.78, 5) is 16.4. The zero-order valence-corrected chi connectivity index (χ0v) is 15.0. The first-order chi connectivity index (χ1) is 12.6. The summed E-state index contributed by atoms with van der Waals surface area (Å²) in [7, 11) is 1.60. The van der Waals surface area contributed by atoms with Gasteiger partial charge >= 0.3 is 0 Å². The van der Waals surface area contributed by atoms with Crippen LogP contribution in [-0.4, -0.2) is 17.9 Å². The summed E-state index contributed by atoms with van der Waals surface area (Å²) in [6.45, 7) is 0. The highest BCUT2D eigenvalue weighted by molar-refractivity contribution is 6.31. The SMILES string of the molecule is COc1cc(CC(=O)Cc2cc(F)ccc2Cl)ccc1-c1ccncc1. The summed E-state index contributed by atoms with van der Waals surface area (Å²) < 4.78 is 18.8. The number of nitrogens with zero attached hydrogens (tertiary/aromatic N) is 1. The Morgan fingerprint density at radius 2 is 1.85 bits per heavy atom. The zero-order chi connectivity index (χ0) is 18.5. The molecule has 0 N–H and O–H groups in total. The minimum atomic E-state index is -0.402. The maximum Gasteiger partial charge on any atom is 0.141 e. The minimum Gasteiger partial charge on any atom is -0.496 e. The van der Waals surface area contributed by atoms with E-state index in [2.05, 4.69) is 4.98 Å². The smallest absolute Gasteiger partial charge is 0.141 e. The lowest BCUT2D eigenvalue weighted by atomic mass is 9.99. The van der Waals surface area contributed by atoms with E-state index in [1.54, 1.807) is 19.5 Å². The van der Waals surface area contributed by atoms with E-state index in [9.17, 15) is 9.18 Å². The summed E-state index contributed by atoms with van der Waals surface area (Å²) in [5, 5.41) is 0.394. The van der Waals surface area contributed by atoms with E-state index < -0.39 is 5.82 Å². The lowest BCUT2D eigenvalue weighted by Gasteiger charge is -2.11. The molecule has 5 heteroatoms. The standard InChI is InChI=1S/C21H17ClFNO2/c1-26-21-11-14(2-4-19(21)15-6-8-24-9-7-15)10-18(25)13-16-12-17(23)3-5-20(16)22/h2-9,11-12H,10,13H2,1H3. The number of pyridine rings is 1. The van der Waals surface area contributed by atoms with E-state index in [0.717, 1.165) is 16.7 Å². The van der Waals surface area contributed by atoms with Crippen molar-refractivity contribution in [3.63, 3.8) is 0 Å². The normalized spacial score (nSPS) is 10.6. The van der Waals surface area contributed by atoms with E-state index in [4.69, 9.17) is 16.3 Å². The van der Waals surface area contributed by atoms with Gasteiger partial charge < -0.3 is 4.74 Å². The summed E-state index contributed by atoms with van der Waals surface area (Å²) in [6, 6.07) is 13.5. The fourth-order valence-electron chi connectivity index (χ4n) is 2.80. The molecule has 0 aliphatic heterocycles. The van der Waals surface area contributed by atoms with Crippen molar-refractivity contribution in [1.29, 1.82) is 0 Å². The number of aromatic nitrogens is 1. The number of benzene rings is 2. The zero-order valence-electron chi connectivity index (χ0n) is 14.2. The van der Waals surface area contributed by atoms with Crippen LogP contribution in [0.25, 0.3) is 11.1 Å². The Labute approximate surface area is 156 Å². The number of carbonyl (C=O) groups is 1. The van der Waals surface area contributed by atoms with Gasteiger partial charge in [-0.2, -0.15) is 0 Å². The Kier molecular flexibility index (Phi) is 5.64. The van der Waals surface area contributed by atoms with Crippen molar-refractivity contribution in [1.82, 2.24) is 4.98 Å². The first-order valence-electron chi connectivity index (χ1n) is 8.10. The molecular formula is C21H17ClFNO2. The molecule has 0 aliphatic carbocycles. The molecule has 0 amide bonds. The highest BCUT2D eigenvalue weighted by Gasteiger charge is 2.12. The Hall–Kier alpha value is -2.72. The summed E-state index contributed by atoms with van der Waals surface area (Å²) in [5.41, 5.74) is 3.25. The molecule has 3 rings (SSSR count). The molecule has 1 aromatic heterocycles. The second kappa shape index (κ2) is 8.11. The molecule has 1 heterocycles. The maximum absolute atomic E-state index is 13.3. The van der Waals surface area contributed by atoms with Gasteiger partial charge in [0.05, 0.1) is 7.11 Å². The van der Waals surface area contributed by atoms with Gasteiger partial charge in [-0.3, -0.25) is 9.78 Å². The van der Waals surface area contributed by atoms with Crippen LogP contribution in [0.15, 0.2) is 60.9 Å². The van der Waals surface area contributed by atoms with E-state index in [1.807, 2.05) is 30.3 Å². The summed E-state index contributed by atoms with van der Waals surface area (Å²) in [6.07, 6.45) is 3.74. The third-order valence-electron chi connectivity index (χ3n) is 4.05. The van der Waals surface area contributed by atoms with E-state index >= 15 is 0 Å². The minimum absolute atomic E-state index is 0.0452. The van der Waals surface area contributed by atoms with Crippen molar-refractivity contribution in [3.8, 4) is 16.9 Å². The Morgan fingerprint density at radius 3 is 2.58 bits per heavy atom. The Balaban J connectivity index is 1.77. The third kappa shape index (κ3) is 4.27. The van der Waals surface area contributed by atoms with Crippen LogP contribution in [0.3, 0.4) is 0 Å². The molecule has 3 nitrogen and oxygen atoms in total. The number of hydrogen-bond acceptors (Lipinski definition) is 3. The second-order valence-electron chi connectivity index (χ2n) is 5.90. The highest BCUT2D eigenvalue weighted by Crippen LogP contribution is 2.30. The van der Waals surface area contributed by atoms with Crippen LogP contribution in [0.2, 0.25) is 5.02 Å². The van der Waals surface area contributed by atoms with Crippen molar-refractivity contribution < 1.29 is 13.9 Å². The van der Waals surface area contributed by atoms with Crippen molar-refractivity contribution in [2.45, 2.75) is 12.8 Å². The van der Waals surface area contributed by atoms with Gasteiger partial charge in [0.15, 0.2) is 0 Å².